The fourth-order valence-electron chi connectivity index (χ4n) is 2.91. The van der Waals surface area contributed by atoms with Crippen molar-refractivity contribution in [3.8, 4) is 0 Å². The third kappa shape index (κ3) is 2.89. The van der Waals surface area contributed by atoms with Crippen molar-refractivity contribution in [3.63, 3.8) is 0 Å². The lowest BCUT2D eigenvalue weighted by molar-refractivity contribution is 0.0692. The van der Waals surface area contributed by atoms with Gasteiger partial charge in [0.2, 0.25) is 10.0 Å². The van der Waals surface area contributed by atoms with E-state index in [0.717, 1.165) is 19.3 Å². The molecule has 7 heteroatoms. The van der Waals surface area contributed by atoms with Crippen LogP contribution in [0.4, 0.5) is 5.69 Å². The van der Waals surface area contributed by atoms with Gasteiger partial charge in [-0.25, -0.2) is 13.2 Å². The summed E-state index contributed by atoms with van der Waals surface area (Å²) in [5, 5.41) is 9.23. The van der Waals surface area contributed by atoms with E-state index in [-0.39, 0.29) is 28.2 Å². The minimum absolute atomic E-state index is 0.151. The van der Waals surface area contributed by atoms with Crippen LogP contribution in [0.5, 0.6) is 0 Å². The van der Waals surface area contributed by atoms with Gasteiger partial charge in [-0.15, -0.1) is 0 Å². The van der Waals surface area contributed by atoms with Gasteiger partial charge in [0.05, 0.1) is 10.5 Å². The summed E-state index contributed by atoms with van der Waals surface area (Å²) >= 11 is 0. The molecule has 3 N–H and O–H groups in total. The zero-order valence-electron chi connectivity index (χ0n) is 12.1. The van der Waals surface area contributed by atoms with E-state index in [4.69, 9.17) is 5.73 Å². The summed E-state index contributed by atoms with van der Waals surface area (Å²) in [5.74, 6) is -1.27. The predicted molar refractivity (Wildman–Crippen MR) is 79.6 cm³/mol. The number of piperidine rings is 1. The Bertz CT molecular complexity index is 647. The third-order valence-electron chi connectivity index (χ3n) is 3.90. The van der Waals surface area contributed by atoms with Crippen molar-refractivity contribution in [1.82, 2.24) is 4.31 Å². The highest BCUT2D eigenvalue weighted by Gasteiger charge is 2.37. The van der Waals surface area contributed by atoms with Crippen LogP contribution in [0.1, 0.15) is 43.5 Å². The maximum absolute atomic E-state index is 12.9. The summed E-state index contributed by atoms with van der Waals surface area (Å²) in [4.78, 5) is 11.1. The highest BCUT2D eigenvalue weighted by Crippen LogP contribution is 2.31. The van der Waals surface area contributed by atoms with Crippen molar-refractivity contribution in [2.24, 2.45) is 0 Å². The van der Waals surface area contributed by atoms with Crippen molar-refractivity contribution in [1.29, 1.82) is 0 Å². The van der Waals surface area contributed by atoms with Crippen molar-refractivity contribution < 1.29 is 18.3 Å². The van der Waals surface area contributed by atoms with E-state index in [1.54, 1.807) is 0 Å². The minimum atomic E-state index is -3.89. The number of hydrogen-bond donors (Lipinski definition) is 2. The lowest BCUT2D eigenvalue weighted by Crippen LogP contribution is -2.47. The molecule has 1 saturated heterocycles. The Balaban J connectivity index is 2.58. The molecule has 0 spiro atoms. The van der Waals surface area contributed by atoms with Gasteiger partial charge in [-0.3, -0.25) is 0 Å². The molecule has 116 valence electrons. The lowest BCUT2D eigenvalue weighted by Gasteiger charge is -2.37. The number of aromatic carboxylic acids is 1. The maximum atomic E-state index is 12.9. The topological polar surface area (TPSA) is 101 Å². The van der Waals surface area contributed by atoms with Gasteiger partial charge in [-0.05, 0) is 44.9 Å². The summed E-state index contributed by atoms with van der Waals surface area (Å²) in [7, 11) is -3.89. The van der Waals surface area contributed by atoms with Crippen LogP contribution in [-0.4, -0.2) is 35.9 Å². The maximum Gasteiger partial charge on any atom is 0.337 e. The van der Waals surface area contributed by atoms with E-state index in [2.05, 4.69) is 0 Å². The van der Waals surface area contributed by atoms with Crippen LogP contribution in [-0.2, 0) is 10.0 Å². The lowest BCUT2D eigenvalue weighted by atomic mass is 10.0. The first-order valence-electron chi connectivity index (χ1n) is 6.91. The predicted octanol–water partition coefficient (Wildman–Crippen LogP) is 1.92. The summed E-state index contributed by atoms with van der Waals surface area (Å²) in [6, 6.07) is 3.56. The summed E-state index contributed by atoms with van der Waals surface area (Å²) < 4.78 is 27.2. The molecule has 0 amide bonds. The standard InChI is InChI=1S/C14H20N2O4S/c1-9-4-3-5-10(2)16(9)21(19,20)13-8-11(15)6-7-12(13)14(17)18/h6-10H,3-5,15H2,1-2H3,(H,17,18). The molecule has 1 fully saturated rings. The Kier molecular flexibility index (Phi) is 4.25. The second kappa shape index (κ2) is 5.65. The first-order chi connectivity index (χ1) is 9.75. The second-order valence-corrected chi connectivity index (χ2v) is 7.34. The summed E-state index contributed by atoms with van der Waals surface area (Å²) in [6.07, 6.45) is 2.51. The monoisotopic (exact) mass is 312 g/mol. The number of anilines is 1. The van der Waals surface area contributed by atoms with Gasteiger partial charge in [-0.2, -0.15) is 4.31 Å². The minimum Gasteiger partial charge on any atom is -0.478 e. The van der Waals surface area contributed by atoms with Crippen LogP contribution in [0.25, 0.3) is 0 Å². The number of nitrogens with zero attached hydrogens (tertiary/aromatic N) is 1. The van der Waals surface area contributed by atoms with Crippen LogP contribution in [0.3, 0.4) is 0 Å². The molecule has 1 aliphatic heterocycles. The molecular weight excluding hydrogens is 292 g/mol. The van der Waals surface area contributed by atoms with Crippen molar-refractivity contribution >= 4 is 21.7 Å². The number of carbonyl (C=O) groups is 1. The van der Waals surface area contributed by atoms with Crippen molar-refractivity contribution in [2.75, 3.05) is 5.73 Å². The number of hydrogen-bond acceptors (Lipinski definition) is 4. The Labute approximate surface area is 124 Å². The van der Waals surface area contributed by atoms with Gasteiger partial charge >= 0.3 is 5.97 Å². The molecule has 6 nitrogen and oxygen atoms in total. The van der Waals surface area contributed by atoms with E-state index in [1.165, 1.54) is 22.5 Å². The number of carboxylic acids is 1. The Morgan fingerprint density at radius 1 is 1.29 bits per heavy atom. The van der Waals surface area contributed by atoms with E-state index in [1.807, 2.05) is 13.8 Å². The molecular formula is C14H20N2O4S. The molecule has 2 atom stereocenters. The number of sulfonamides is 1. The highest BCUT2D eigenvalue weighted by atomic mass is 32.2. The van der Waals surface area contributed by atoms with Gasteiger partial charge in [-0.1, -0.05) is 6.42 Å². The number of benzene rings is 1. The smallest absolute Gasteiger partial charge is 0.337 e. The normalized spacial score (nSPS) is 23.9. The largest absolute Gasteiger partial charge is 0.478 e. The number of nitrogen functional groups attached to an aromatic ring is 1. The molecule has 2 unspecified atom stereocenters. The summed E-state index contributed by atoms with van der Waals surface area (Å²) in [6.45, 7) is 3.69. The summed E-state index contributed by atoms with van der Waals surface area (Å²) in [5.41, 5.74) is 5.64. The fourth-order valence-corrected chi connectivity index (χ4v) is 5.02. The van der Waals surface area contributed by atoms with E-state index in [9.17, 15) is 18.3 Å². The van der Waals surface area contributed by atoms with Gasteiger partial charge in [0, 0.05) is 17.8 Å². The SMILES string of the molecule is CC1CCCC(C)N1S(=O)(=O)c1cc(N)ccc1C(=O)O. The number of rotatable bonds is 3. The molecule has 1 aromatic carbocycles. The number of nitrogens with two attached hydrogens (primary N) is 1. The van der Waals surface area contributed by atoms with Gasteiger partial charge in [0.1, 0.15) is 0 Å². The van der Waals surface area contributed by atoms with Crippen molar-refractivity contribution in [2.45, 2.75) is 50.1 Å². The van der Waals surface area contributed by atoms with Crippen molar-refractivity contribution in [3.05, 3.63) is 23.8 Å². The van der Waals surface area contributed by atoms with Crippen LogP contribution in [0.2, 0.25) is 0 Å². The van der Waals surface area contributed by atoms with E-state index in [0.29, 0.717) is 0 Å². The quantitative estimate of drug-likeness (QED) is 0.830. The molecule has 1 aliphatic rings. The average molecular weight is 312 g/mol. The fraction of sp³-hybridized carbons (Fsp3) is 0.500. The zero-order valence-corrected chi connectivity index (χ0v) is 12.9. The Hall–Kier alpha value is -1.60. The number of carboxylic acid groups (broad SMARTS) is 1. The Morgan fingerprint density at radius 3 is 2.38 bits per heavy atom. The molecule has 2 rings (SSSR count). The molecule has 0 radical (unpaired) electrons. The molecule has 0 aromatic heterocycles. The molecule has 21 heavy (non-hydrogen) atoms. The van der Waals surface area contributed by atoms with Crippen LogP contribution < -0.4 is 5.73 Å². The van der Waals surface area contributed by atoms with Gasteiger partial charge in [0.15, 0.2) is 0 Å². The Morgan fingerprint density at radius 2 is 1.86 bits per heavy atom. The average Bonchev–Trinajstić information content (AvgIpc) is 2.37. The van der Waals surface area contributed by atoms with E-state index >= 15 is 0 Å². The second-order valence-electron chi connectivity index (χ2n) is 5.52. The molecule has 1 aromatic rings. The molecule has 0 saturated carbocycles. The molecule has 0 aliphatic carbocycles. The van der Waals surface area contributed by atoms with Crippen LogP contribution in [0, 0.1) is 0 Å². The molecule has 1 heterocycles. The van der Waals surface area contributed by atoms with Crippen LogP contribution >= 0.6 is 0 Å². The molecule has 0 bridgehead atoms. The van der Waals surface area contributed by atoms with E-state index < -0.39 is 16.0 Å². The van der Waals surface area contributed by atoms with Crippen LogP contribution in [0.15, 0.2) is 23.1 Å². The van der Waals surface area contributed by atoms with Gasteiger partial charge in [0.25, 0.3) is 0 Å². The van der Waals surface area contributed by atoms with Gasteiger partial charge < -0.3 is 10.8 Å². The highest BCUT2D eigenvalue weighted by molar-refractivity contribution is 7.89. The first kappa shape index (κ1) is 15.8. The third-order valence-corrected chi connectivity index (χ3v) is 6.07. The first-order valence-corrected chi connectivity index (χ1v) is 8.35. The zero-order chi connectivity index (χ0) is 15.8.